The molecule has 0 saturated carbocycles. The van der Waals surface area contributed by atoms with E-state index in [1.54, 1.807) is 57.4 Å². The number of thiophene rings is 1. The summed E-state index contributed by atoms with van der Waals surface area (Å²) in [4.78, 5) is 38.6. The van der Waals surface area contributed by atoms with E-state index in [2.05, 4.69) is 5.32 Å². The van der Waals surface area contributed by atoms with Gasteiger partial charge < -0.3 is 28.7 Å². The Balaban J connectivity index is 1.44. The summed E-state index contributed by atoms with van der Waals surface area (Å²) in [6, 6.07) is 11.4. The molecule has 10 heteroatoms. The van der Waals surface area contributed by atoms with Gasteiger partial charge in [-0.2, -0.15) is 0 Å². The van der Waals surface area contributed by atoms with Crippen LogP contribution < -0.4 is 25.0 Å². The van der Waals surface area contributed by atoms with E-state index in [1.165, 1.54) is 23.7 Å². The molecule has 4 aromatic rings. The van der Waals surface area contributed by atoms with E-state index in [0.717, 1.165) is 10.4 Å². The van der Waals surface area contributed by atoms with Gasteiger partial charge >= 0.3 is 5.97 Å². The topological polar surface area (TPSA) is 113 Å². The summed E-state index contributed by atoms with van der Waals surface area (Å²) < 4.78 is 27.1. The van der Waals surface area contributed by atoms with Gasteiger partial charge in [0.05, 0.1) is 24.7 Å². The summed E-state index contributed by atoms with van der Waals surface area (Å²) in [5.41, 5.74) is 1.03. The van der Waals surface area contributed by atoms with Gasteiger partial charge in [0.2, 0.25) is 11.2 Å². The first-order chi connectivity index (χ1) is 17.8. The second-order valence-electron chi connectivity index (χ2n) is 7.91. The molecular formula is C27H25NO8S. The highest BCUT2D eigenvalue weighted by atomic mass is 32.1. The van der Waals surface area contributed by atoms with Crippen molar-refractivity contribution >= 4 is 39.2 Å². The summed E-state index contributed by atoms with van der Waals surface area (Å²) >= 11 is 1.30. The molecule has 0 atom stereocenters. The fourth-order valence-electron chi connectivity index (χ4n) is 3.50. The average molecular weight is 524 g/mol. The van der Waals surface area contributed by atoms with E-state index < -0.39 is 11.9 Å². The van der Waals surface area contributed by atoms with Crippen LogP contribution in [0.1, 0.15) is 27.7 Å². The van der Waals surface area contributed by atoms with Crippen molar-refractivity contribution < 1.29 is 33.0 Å². The van der Waals surface area contributed by atoms with Gasteiger partial charge in [-0.3, -0.25) is 9.59 Å². The molecule has 2 heterocycles. The number of ether oxygens (including phenoxy) is 4. The van der Waals surface area contributed by atoms with Crippen molar-refractivity contribution in [3.63, 3.8) is 0 Å². The van der Waals surface area contributed by atoms with Gasteiger partial charge in [-0.1, -0.05) is 0 Å². The second-order valence-corrected chi connectivity index (χ2v) is 9.13. The number of carbonyl (C=O) groups is 2. The molecule has 9 nitrogen and oxygen atoms in total. The number of benzene rings is 2. The molecule has 2 aromatic heterocycles. The number of amides is 1. The number of anilines is 1. The SMILES string of the molecule is CCOC(=O)c1c(NC(=O)COc2ccc3c(=O)c(Oc4ccc(OC)cc4)coc3c2)sc(C)c1C. The van der Waals surface area contributed by atoms with Gasteiger partial charge in [-0.15, -0.1) is 11.3 Å². The Hall–Kier alpha value is -4.31. The minimum Gasteiger partial charge on any atom is -0.497 e. The molecule has 37 heavy (non-hydrogen) atoms. The second kappa shape index (κ2) is 11.2. The smallest absolute Gasteiger partial charge is 0.341 e. The van der Waals surface area contributed by atoms with E-state index >= 15 is 0 Å². The largest absolute Gasteiger partial charge is 0.497 e. The highest BCUT2D eigenvalue weighted by molar-refractivity contribution is 7.16. The van der Waals surface area contributed by atoms with Crippen molar-refractivity contribution in [3.8, 4) is 23.0 Å². The van der Waals surface area contributed by atoms with Gasteiger partial charge in [0.15, 0.2) is 6.61 Å². The predicted octanol–water partition coefficient (Wildman–Crippen LogP) is 5.47. The maximum Gasteiger partial charge on any atom is 0.341 e. The molecule has 0 aliphatic carbocycles. The number of rotatable bonds is 9. The summed E-state index contributed by atoms with van der Waals surface area (Å²) in [5, 5.41) is 3.43. The predicted molar refractivity (Wildman–Crippen MR) is 139 cm³/mol. The van der Waals surface area contributed by atoms with Crippen molar-refractivity contribution in [2.75, 3.05) is 25.6 Å². The third-order valence-electron chi connectivity index (χ3n) is 5.49. The third kappa shape index (κ3) is 5.75. The van der Waals surface area contributed by atoms with Crippen LogP contribution in [0.2, 0.25) is 0 Å². The lowest BCUT2D eigenvalue weighted by Gasteiger charge is -2.09. The molecular weight excluding hydrogens is 498 g/mol. The van der Waals surface area contributed by atoms with E-state index in [-0.39, 0.29) is 30.0 Å². The summed E-state index contributed by atoms with van der Waals surface area (Å²) in [7, 11) is 1.56. The van der Waals surface area contributed by atoms with Crippen molar-refractivity contribution in [3.05, 3.63) is 75.0 Å². The van der Waals surface area contributed by atoms with E-state index in [1.807, 2.05) is 6.92 Å². The van der Waals surface area contributed by atoms with Crippen LogP contribution >= 0.6 is 11.3 Å². The van der Waals surface area contributed by atoms with Crippen molar-refractivity contribution in [2.45, 2.75) is 20.8 Å². The fourth-order valence-corrected chi connectivity index (χ4v) is 4.56. The molecule has 0 bridgehead atoms. The molecule has 0 saturated heterocycles. The Morgan fingerprint density at radius 2 is 1.73 bits per heavy atom. The number of aryl methyl sites for hydroxylation is 1. The zero-order chi connectivity index (χ0) is 26.5. The first-order valence-corrected chi connectivity index (χ1v) is 12.2. The minimum atomic E-state index is -0.486. The number of esters is 1. The van der Waals surface area contributed by atoms with Crippen LogP contribution in [0, 0.1) is 13.8 Å². The lowest BCUT2D eigenvalue weighted by atomic mass is 10.1. The third-order valence-corrected chi connectivity index (χ3v) is 6.61. The highest BCUT2D eigenvalue weighted by Crippen LogP contribution is 2.33. The normalized spacial score (nSPS) is 10.7. The van der Waals surface area contributed by atoms with Crippen molar-refractivity contribution in [2.24, 2.45) is 0 Å². The molecule has 0 fully saturated rings. The zero-order valence-corrected chi connectivity index (χ0v) is 21.5. The van der Waals surface area contributed by atoms with Crippen LogP contribution in [0.4, 0.5) is 5.00 Å². The van der Waals surface area contributed by atoms with Gasteiger partial charge in [0.1, 0.15) is 34.1 Å². The standard InChI is InChI=1S/C27H25NO8S/c1-5-33-27(31)24-15(2)16(3)37-26(24)28-23(29)14-34-19-10-11-20-21(12-19)35-13-22(25(20)30)36-18-8-6-17(32-4)7-9-18/h6-13H,5,14H2,1-4H3,(H,28,29). The molecule has 1 N–H and O–H groups in total. The monoisotopic (exact) mass is 523 g/mol. The van der Waals surface area contributed by atoms with Crippen LogP contribution in [-0.4, -0.2) is 32.2 Å². The summed E-state index contributed by atoms with van der Waals surface area (Å²) in [5.74, 6) is 0.556. The Bertz CT molecular complexity index is 1500. The number of nitrogens with one attached hydrogen (secondary N) is 1. The Morgan fingerprint density at radius 3 is 2.43 bits per heavy atom. The Kier molecular flexibility index (Phi) is 7.78. The van der Waals surface area contributed by atoms with Crippen LogP contribution in [0.15, 0.2) is 57.9 Å². The van der Waals surface area contributed by atoms with Gasteiger partial charge in [0, 0.05) is 10.9 Å². The lowest BCUT2D eigenvalue weighted by Crippen LogP contribution is -2.21. The molecule has 1 amide bonds. The number of fused-ring (bicyclic) bond motifs is 1. The molecule has 0 aliphatic rings. The summed E-state index contributed by atoms with van der Waals surface area (Å²) in [6.45, 7) is 5.31. The lowest BCUT2D eigenvalue weighted by molar-refractivity contribution is -0.118. The molecule has 0 unspecified atom stereocenters. The molecule has 2 aromatic carbocycles. The van der Waals surface area contributed by atoms with Crippen molar-refractivity contribution in [1.82, 2.24) is 0 Å². The fraction of sp³-hybridized carbons (Fsp3) is 0.222. The molecule has 0 spiro atoms. The van der Waals surface area contributed by atoms with Gasteiger partial charge in [0.25, 0.3) is 5.91 Å². The van der Waals surface area contributed by atoms with Crippen LogP contribution in [-0.2, 0) is 9.53 Å². The average Bonchev–Trinajstić information content (AvgIpc) is 3.17. The summed E-state index contributed by atoms with van der Waals surface area (Å²) in [6.07, 6.45) is 1.23. The number of hydrogen-bond acceptors (Lipinski definition) is 9. The first-order valence-electron chi connectivity index (χ1n) is 11.4. The van der Waals surface area contributed by atoms with Gasteiger partial charge in [-0.05, 0) is 62.7 Å². The van der Waals surface area contributed by atoms with Crippen molar-refractivity contribution in [1.29, 1.82) is 0 Å². The van der Waals surface area contributed by atoms with E-state index in [4.69, 9.17) is 23.4 Å². The first kappa shape index (κ1) is 25.8. The quantitative estimate of drug-likeness (QED) is 0.288. The van der Waals surface area contributed by atoms with Gasteiger partial charge in [-0.25, -0.2) is 4.79 Å². The molecule has 0 radical (unpaired) electrons. The molecule has 0 aliphatic heterocycles. The number of methoxy groups -OCH3 is 1. The Morgan fingerprint density at radius 1 is 1.03 bits per heavy atom. The molecule has 192 valence electrons. The minimum absolute atomic E-state index is 0.0321. The number of hydrogen-bond donors (Lipinski definition) is 1. The van der Waals surface area contributed by atoms with E-state index in [0.29, 0.717) is 33.2 Å². The number of carbonyl (C=O) groups excluding carboxylic acids is 2. The van der Waals surface area contributed by atoms with Crippen LogP contribution in [0.3, 0.4) is 0 Å². The Labute approximate surface area is 216 Å². The van der Waals surface area contributed by atoms with Crippen LogP contribution in [0.5, 0.6) is 23.0 Å². The highest BCUT2D eigenvalue weighted by Gasteiger charge is 2.22. The zero-order valence-electron chi connectivity index (χ0n) is 20.7. The van der Waals surface area contributed by atoms with E-state index in [9.17, 15) is 14.4 Å². The molecule has 4 rings (SSSR count). The van der Waals surface area contributed by atoms with Crippen LogP contribution in [0.25, 0.3) is 11.0 Å². The maximum atomic E-state index is 12.8. The maximum absolute atomic E-state index is 12.8.